The minimum Gasteiger partial charge on any atom is -0.374 e. The lowest BCUT2D eigenvalue weighted by molar-refractivity contribution is -0.0481. The van der Waals surface area contributed by atoms with Gasteiger partial charge in [0.25, 0.3) is 0 Å². The Hall–Kier alpha value is -0.430. The number of ether oxygens (including phenoxy) is 1. The number of hydrogen-bond donors (Lipinski definition) is 1. The molecular weight excluding hydrogens is 320 g/mol. The van der Waals surface area contributed by atoms with Crippen LogP contribution in [0.5, 0.6) is 0 Å². The van der Waals surface area contributed by atoms with Crippen LogP contribution in [0.1, 0.15) is 32.0 Å². The van der Waals surface area contributed by atoms with Crippen molar-refractivity contribution >= 4 is 15.9 Å². The summed E-state index contributed by atoms with van der Waals surface area (Å²) in [7, 11) is 1.98. The quantitative estimate of drug-likeness (QED) is 0.856. The van der Waals surface area contributed by atoms with Gasteiger partial charge in [0.15, 0.2) is 0 Å². The first kappa shape index (κ1) is 15.9. The fraction of sp³-hybridized carbons (Fsp3) is 0.786. The molecule has 5 nitrogen and oxygen atoms in total. The molecule has 6 heteroatoms. The maximum absolute atomic E-state index is 6.04. The number of rotatable bonds is 6. The van der Waals surface area contributed by atoms with Crippen LogP contribution in [0.4, 0.5) is 0 Å². The number of aromatic nitrogens is 2. The summed E-state index contributed by atoms with van der Waals surface area (Å²) in [4.78, 5) is 2.49. The van der Waals surface area contributed by atoms with E-state index in [2.05, 4.69) is 45.1 Å². The third-order valence-corrected chi connectivity index (χ3v) is 4.36. The highest BCUT2D eigenvalue weighted by atomic mass is 79.9. The molecule has 0 aromatic carbocycles. The van der Waals surface area contributed by atoms with Crippen LogP contribution in [0.15, 0.2) is 10.7 Å². The number of halogens is 1. The largest absolute Gasteiger partial charge is 0.374 e. The Balaban J connectivity index is 2.16. The highest BCUT2D eigenvalue weighted by molar-refractivity contribution is 9.10. The van der Waals surface area contributed by atoms with E-state index in [1.165, 1.54) is 6.42 Å². The molecule has 1 aromatic heterocycles. The molecule has 114 valence electrons. The van der Waals surface area contributed by atoms with Crippen molar-refractivity contribution in [2.45, 2.75) is 32.4 Å². The average molecular weight is 345 g/mol. The van der Waals surface area contributed by atoms with Crippen molar-refractivity contribution in [3.05, 3.63) is 16.4 Å². The van der Waals surface area contributed by atoms with Crippen LogP contribution in [0.3, 0.4) is 0 Å². The van der Waals surface area contributed by atoms with Crippen molar-refractivity contribution in [1.29, 1.82) is 0 Å². The summed E-state index contributed by atoms with van der Waals surface area (Å²) in [5.41, 5.74) is 1.16. The minimum absolute atomic E-state index is 0.168. The van der Waals surface area contributed by atoms with Crippen LogP contribution in [0.2, 0.25) is 0 Å². The fourth-order valence-corrected chi connectivity index (χ4v) is 3.44. The zero-order chi connectivity index (χ0) is 14.5. The zero-order valence-electron chi connectivity index (χ0n) is 12.6. The third-order valence-electron chi connectivity index (χ3n) is 3.75. The van der Waals surface area contributed by atoms with E-state index < -0.39 is 0 Å². The standard InChI is InChI=1S/C14H25BrN4O/c1-4-6-19-7-8-20-12(10-19)13(16-5-2)14-11(15)9-17-18(14)3/h9,12-13,16H,4-8,10H2,1-3H3. The monoisotopic (exact) mass is 344 g/mol. The van der Waals surface area contributed by atoms with Gasteiger partial charge in [-0.1, -0.05) is 13.8 Å². The molecule has 1 aliphatic rings. The van der Waals surface area contributed by atoms with Crippen LogP contribution >= 0.6 is 15.9 Å². The summed E-state index contributed by atoms with van der Waals surface area (Å²) >= 11 is 3.61. The SMILES string of the molecule is CCCN1CCOC(C(NCC)c2c(Br)cnn2C)C1. The van der Waals surface area contributed by atoms with Gasteiger partial charge >= 0.3 is 0 Å². The van der Waals surface area contributed by atoms with Crippen LogP contribution < -0.4 is 5.32 Å². The molecule has 0 amide bonds. The van der Waals surface area contributed by atoms with Crippen molar-refractivity contribution in [2.75, 3.05) is 32.8 Å². The van der Waals surface area contributed by atoms with Gasteiger partial charge < -0.3 is 10.1 Å². The predicted molar refractivity (Wildman–Crippen MR) is 83.8 cm³/mol. The Labute approximate surface area is 129 Å². The van der Waals surface area contributed by atoms with Gasteiger partial charge in [-0.05, 0) is 35.4 Å². The lowest BCUT2D eigenvalue weighted by Crippen LogP contribution is -2.48. The normalized spacial score (nSPS) is 22.1. The Morgan fingerprint density at radius 2 is 2.35 bits per heavy atom. The first-order chi connectivity index (χ1) is 9.67. The van der Waals surface area contributed by atoms with E-state index in [4.69, 9.17) is 4.74 Å². The molecule has 0 saturated carbocycles. The first-order valence-electron chi connectivity index (χ1n) is 7.42. The molecule has 0 spiro atoms. The number of nitrogens with zero attached hydrogens (tertiary/aromatic N) is 3. The van der Waals surface area contributed by atoms with Gasteiger partial charge in [-0.25, -0.2) is 0 Å². The number of aryl methyl sites for hydroxylation is 1. The summed E-state index contributed by atoms with van der Waals surface area (Å²) in [6.07, 6.45) is 3.21. The molecule has 2 heterocycles. The van der Waals surface area contributed by atoms with Crippen molar-refractivity contribution in [2.24, 2.45) is 7.05 Å². The Morgan fingerprint density at radius 3 is 2.95 bits per heavy atom. The van der Waals surface area contributed by atoms with Gasteiger partial charge in [-0.3, -0.25) is 9.58 Å². The number of likely N-dealkylation sites (N-methyl/N-ethyl adjacent to an activating group) is 1. The average Bonchev–Trinajstić information content (AvgIpc) is 2.77. The molecule has 1 aromatic rings. The fourth-order valence-electron chi connectivity index (χ4n) is 2.85. The second-order valence-electron chi connectivity index (χ2n) is 5.25. The van der Waals surface area contributed by atoms with Crippen LogP contribution in [0.25, 0.3) is 0 Å². The molecule has 0 bridgehead atoms. The lowest BCUT2D eigenvalue weighted by atomic mass is 10.1. The second-order valence-corrected chi connectivity index (χ2v) is 6.10. The molecular formula is C14H25BrN4O. The number of nitrogens with one attached hydrogen (secondary N) is 1. The van der Waals surface area contributed by atoms with E-state index in [1.54, 1.807) is 0 Å². The zero-order valence-corrected chi connectivity index (χ0v) is 14.2. The highest BCUT2D eigenvalue weighted by Gasteiger charge is 2.31. The Bertz CT molecular complexity index is 402. The Kier molecular flexibility index (Phi) is 6.01. The van der Waals surface area contributed by atoms with Crippen molar-refractivity contribution in [3.63, 3.8) is 0 Å². The highest BCUT2D eigenvalue weighted by Crippen LogP contribution is 2.28. The minimum atomic E-state index is 0.168. The topological polar surface area (TPSA) is 42.3 Å². The van der Waals surface area contributed by atoms with E-state index >= 15 is 0 Å². The third kappa shape index (κ3) is 3.61. The van der Waals surface area contributed by atoms with Gasteiger partial charge in [0.1, 0.15) is 0 Å². The van der Waals surface area contributed by atoms with E-state index in [9.17, 15) is 0 Å². The number of morpholine rings is 1. The van der Waals surface area contributed by atoms with E-state index in [-0.39, 0.29) is 12.1 Å². The lowest BCUT2D eigenvalue weighted by Gasteiger charge is -2.37. The maximum Gasteiger partial charge on any atom is 0.0912 e. The number of hydrogen-bond acceptors (Lipinski definition) is 4. The second kappa shape index (κ2) is 7.54. The predicted octanol–water partition coefficient (Wildman–Crippen LogP) is 1.94. The van der Waals surface area contributed by atoms with Crippen molar-refractivity contribution in [1.82, 2.24) is 20.0 Å². The van der Waals surface area contributed by atoms with Gasteiger partial charge in [0, 0.05) is 20.1 Å². The Morgan fingerprint density at radius 1 is 1.55 bits per heavy atom. The first-order valence-corrected chi connectivity index (χ1v) is 8.21. The molecule has 1 aliphatic heterocycles. The van der Waals surface area contributed by atoms with E-state index in [1.807, 2.05) is 17.9 Å². The molecule has 2 atom stereocenters. The molecule has 20 heavy (non-hydrogen) atoms. The smallest absolute Gasteiger partial charge is 0.0912 e. The summed E-state index contributed by atoms with van der Waals surface area (Å²) in [5.74, 6) is 0. The summed E-state index contributed by atoms with van der Waals surface area (Å²) in [6.45, 7) is 9.23. The summed E-state index contributed by atoms with van der Waals surface area (Å²) < 4.78 is 9.01. The van der Waals surface area contributed by atoms with Crippen molar-refractivity contribution < 1.29 is 4.74 Å². The van der Waals surface area contributed by atoms with Gasteiger partial charge in [-0.15, -0.1) is 0 Å². The van der Waals surface area contributed by atoms with Gasteiger partial charge in [0.2, 0.25) is 0 Å². The van der Waals surface area contributed by atoms with Crippen molar-refractivity contribution in [3.8, 4) is 0 Å². The summed E-state index contributed by atoms with van der Waals surface area (Å²) in [6, 6.07) is 0.168. The van der Waals surface area contributed by atoms with E-state index in [0.29, 0.717) is 0 Å². The van der Waals surface area contributed by atoms with Gasteiger partial charge in [0.05, 0.1) is 35.1 Å². The van der Waals surface area contributed by atoms with Gasteiger partial charge in [-0.2, -0.15) is 5.10 Å². The van der Waals surface area contributed by atoms with Crippen LogP contribution in [-0.4, -0.2) is 53.6 Å². The molecule has 2 rings (SSSR count). The molecule has 0 aliphatic carbocycles. The molecule has 1 N–H and O–H groups in total. The molecule has 0 radical (unpaired) electrons. The van der Waals surface area contributed by atoms with Crippen LogP contribution in [-0.2, 0) is 11.8 Å². The molecule has 2 unspecified atom stereocenters. The molecule has 1 fully saturated rings. The molecule has 1 saturated heterocycles. The van der Waals surface area contributed by atoms with E-state index in [0.717, 1.165) is 43.0 Å². The van der Waals surface area contributed by atoms with Crippen LogP contribution in [0, 0.1) is 0 Å². The summed E-state index contributed by atoms with van der Waals surface area (Å²) in [5, 5.41) is 7.89. The maximum atomic E-state index is 6.04.